The van der Waals surface area contributed by atoms with Gasteiger partial charge in [0.1, 0.15) is 5.82 Å². The first-order valence-electron chi connectivity index (χ1n) is 6.84. The van der Waals surface area contributed by atoms with Crippen molar-refractivity contribution in [1.82, 2.24) is 25.0 Å². The second-order valence-electron chi connectivity index (χ2n) is 5.14. The minimum absolute atomic E-state index is 0.135. The molecule has 1 aliphatic heterocycles. The summed E-state index contributed by atoms with van der Waals surface area (Å²) < 4.78 is 16.1. The molecular formula is C13H14FN7. The number of hydrogen-bond acceptors (Lipinski definition) is 5. The lowest BCUT2D eigenvalue weighted by Gasteiger charge is -2.15. The normalized spacial score (nSPS) is 14.3. The number of aromatic amines is 1. The SMILES string of the molecule is Nc1[nH]nc2nc(Nc3cnn4c3CCCC4)c(F)cc12. The minimum Gasteiger partial charge on any atom is -0.384 e. The van der Waals surface area contributed by atoms with Gasteiger partial charge in [-0.05, 0) is 25.3 Å². The predicted molar refractivity (Wildman–Crippen MR) is 76.7 cm³/mol. The van der Waals surface area contributed by atoms with Crippen molar-refractivity contribution >= 4 is 28.4 Å². The first-order valence-corrected chi connectivity index (χ1v) is 6.84. The Balaban J connectivity index is 1.74. The van der Waals surface area contributed by atoms with Crippen molar-refractivity contribution in [2.45, 2.75) is 25.8 Å². The van der Waals surface area contributed by atoms with E-state index in [1.54, 1.807) is 6.20 Å². The van der Waals surface area contributed by atoms with Crippen LogP contribution in [-0.2, 0) is 13.0 Å². The van der Waals surface area contributed by atoms with Gasteiger partial charge in [-0.3, -0.25) is 9.78 Å². The van der Waals surface area contributed by atoms with Crippen molar-refractivity contribution in [3.63, 3.8) is 0 Å². The van der Waals surface area contributed by atoms with Crippen LogP contribution in [0.2, 0.25) is 0 Å². The summed E-state index contributed by atoms with van der Waals surface area (Å²) in [7, 11) is 0. The molecule has 7 nitrogen and oxygen atoms in total. The third kappa shape index (κ3) is 1.91. The number of nitrogens with zero attached hydrogens (tertiary/aromatic N) is 4. The number of nitrogens with one attached hydrogen (secondary N) is 2. The quantitative estimate of drug-likeness (QED) is 0.669. The second-order valence-corrected chi connectivity index (χ2v) is 5.14. The molecule has 0 aliphatic carbocycles. The van der Waals surface area contributed by atoms with E-state index in [2.05, 4.69) is 25.6 Å². The summed E-state index contributed by atoms with van der Waals surface area (Å²) in [5, 5.41) is 14.4. The molecule has 0 atom stereocenters. The van der Waals surface area contributed by atoms with Crippen molar-refractivity contribution < 1.29 is 4.39 Å². The second kappa shape index (κ2) is 4.44. The molecule has 0 fully saturated rings. The average molecular weight is 287 g/mol. The Hall–Kier alpha value is -2.64. The Bertz CT molecular complexity index is 819. The van der Waals surface area contributed by atoms with E-state index in [9.17, 15) is 4.39 Å². The first kappa shape index (κ1) is 12.1. The van der Waals surface area contributed by atoms with Crippen LogP contribution < -0.4 is 11.1 Å². The molecule has 3 aromatic heterocycles. The highest BCUT2D eigenvalue weighted by atomic mass is 19.1. The Labute approximate surface area is 119 Å². The van der Waals surface area contributed by atoms with Gasteiger partial charge < -0.3 is 11.1 Å². The summed E-state index contributed by atoms with van der Waals surface area (Å²) >= 11 is 0. The van der Waals surface area contributed by atoms with Gasteiger partial charge in [-0.2, -0.15) is 10.2 Å². The van der Waals surface area contributed by atoms with Crippen LogP contribution in [0.15, 0.2) is 12.3 Å². The van der Waals surface area contributed by atoms with Crippen LogP contribution >= 0.6 is 0 Å². The van der Waals surface area contributed by atoms with E-state index < -0.39 is 5.82 Å². The topological polar surface area (TPSA) is 97.4 Å². The summed E-state index contributed by atoms with van der Waals surface area (Å²) in [4.78, 5) is 4.17. The van der Waals surface area contributed by atoms with Gasteiger partial charge >= 0.3 is 0 Å². The van der Waals surface area contributed by atoms with E-state index in [4.69, 9.17) is 5.73 Å². The zero-order valence-electron chi connectivity index (χ0n) is 11.2. The molecule has 0 unspecified atom stereocenters. The number of aromatic nitrogens is 5. The third-order valence-electron chi connectivity index (χ3n) is 3.76. The molecule has 0 saturated heterocycles. The van der Waals surface area contributed by atoms with Crippen LogP contribution in [0.4, 0.5) is 21.7 Å². The number of anilines is 3. The number of hydrogen-bond donors (Lipinski definition) is 3. The van der Waals surface area contributed by atoms with Crippen LogP contribution in [0.1, 0.15) is 18.5 Å². The smallest absolute Gasteiger partial charge is 0.185 e. The van der Waals surface area contributed by atoms with Crippen LogP contribution in [0, 0.1) is 5.82 Å². The number of fused-ring (bicyclic) bond motifs is 2. The van der Waals surface area contributed by atoms with Gasteiger partial charge in [0.05, 0.1) is 23.0 Å². The number of halogens is 1. The third-order valence-corrected chi connectivity index (χ3v) is 3.76. The average Bonchev–Trinajstić information content (AvgIpc) is 3.05. The van der Waals surface area contributed by atoms with E-state index in [0.717, 1.165) is 37.2 Å². The van der Waals surface area contributed by atoms with Crippen LogP contribution in [0.5, 0.6) is 0 Å². The fourth-order valence-electron chi connectivity index (χ4n) is 2.68. The maximum absolute atomic E-state index is 14.2. The van der Waals surface area contributed by atoms with Crippen LogP contribution in [-0.4, -0.2) is 25.0 Å². The standard InChI is InChI=1S/C13H14FN7/c14-8-5-7-11(15)19-20-12(7)18-13(8)17-9-6-16-21-4-2-1-3-10(9)21/h5-6H,1-4H2,(H4,15,17,18,19,20). The maximum atomic E-state index is 14.2. The Kier molecular flexibility index (Phi) is 2.56. The van der Waals surface area contributed by atoms with Crippen molar-refractivity contribution in [2.75, 3.05) is 11.1 Å². The van der Waals surface area contributed by atoms with Gasteiger partial charge in [0.15, 0.2) is 17.3 Å². The van der Waals surface area contributed by atoms with E-state index in [1.807, 2.05) is 4.68 Å². The lowest BCUT2D eigenvalue weighted by molar-refractivity contribution is 0.487. The fraction of sp³-hybridized carbons (Fsp3) is 0.308. The minimum atomic E-state index is -0.466. The van der Waals surface area contributed by atoms with Gasteiger partial charge in [0, 0.05) is 6.54 Å². The molecule has 4 N–H and O–H groups in total. The van der Waals surface area contributed by atoms with E-state index in [0.29, 0.717) is 16.9 Å². The number of nitrogens with two attached hydrogens (primary N) is 1. The highest BCUT2D eigenvalue weighted by Crippen LogP contribution is 2.28. The van der Waals surface area contributed by atoms with E-state index in [-0.39, 0.29) is 5.82 Å². The maximum Gasteiger partial charge on any atom is 0.185 e. The molecule has 4 rings (SSSR count). The Morgan fingerprint density at radius 2 is 2.29 bits per heavy atom. The summed E-state index contributed by atoms with van der Waals surface area (Å²) in [5.41, 5.74) is 7.93. The molecule has 0 aromatic carbocycles. The number of aryl methyl sites for hydroxylation is 1. The summed E-state index contributed by atoms with van der Waals surface area (Å²) in [6, 6.07) is 1.33. The number of nitrogen functional groups attached to an aromatic ring is 1. The molecule has 8 heteroatoms. The monoisotopic (exact) mass is 287 g/mol. The number of rotatable bonds is 2. The zero-order chi connectivity index (χ0) is 14.4. The van der Waals surface area contributed by atoms with Crippen molar-refractivity contribution in [2.24, 2.45) is 0 Å². The Morgan fingerprint density at radius 3 is 3.19 bits per heavy atom. The highest BCUT2D eigenvalue weighted by molar-refractivity contribution is 5.87. The van der Waals surface area contributed by atoms with Crippen molar-refractivity contribution in [3.8, 4) is 0 Å². The van der Waals surface area contributed by atoms with Gasteiger partial charge in [-0.15, -0.1) is 0 Å². The Morgan fingerprint density at radius 1 is 1.38 bits per heavy atom. The molecule has 0 bridgehead atoms. The molecule has 1 aliphatic rings. The van der Waals surface area contributed by atoms with Gasteiger partial charge in [0.25, 0.3) is 0 Å². The molecule has 3 aromatic rings. The van der Waals surface area contributed by atoms with Crippen LogP contribution in [0.25, 0.3) is 11.0 Å². The molecule has 21 heavy (non-hydrogen) atoms. The van der Waals surface area contributed by atoms with Gasteiger partial charge in [-0.25, -0.2) is 9.37 Å². The van der Waals surface area contributed by atoms with Crippen molar-refractivity contribution in [1.29, 1.82) is 0 Å². The zero-order valence-corrected chi connectivity index (χ0v) is 11.2. The molecule has 0 radical (unpaired) electrons. The lowest BCUT2D eigenvalue weighted by atomic mass is 10.1. The van der Waals surface area contributed by atoms with Crippen LogP contribution in [0.3, 0.4) is 0 Å². The molecule has 0 amide bonds. The van der Waals surface area contributed by atoms with E-state index >= 15 is 0 Å². The lowest BCUT2D eigenvalue weighted by Crippen LogP contribution is -2.12. The summed E-state index contributed by atoms with van der Waals surface area (Å²) in [6.07, 6.45) is 4.89. The first-order chi connectivity index (χ1) is 10.2. The molecule has 4 heterocycles. The molecular weight excluding hydrogens is 273 g/mol. The molecule has 0 saturated carbocycles. The highest BCUT2D eigenvalue weighted by Gasteiger charge is 2.17. The van der Waals surface area contributed by atoms with Gasteiger partial charge in [-0.1, -0.05) is 0 Å². The molecule has 108 valence electrons. The van der Waals surface area contributed by atoms with E-state index in [1.165, 1.54) is 6.07 Å². The predicted octanol–water partition coefficient (Wildman–Crippen LogP) is 1.96. The fourth-order valence-corrected chi connectivity index (χ4v) is 2.68. The van der Waals surface area contributed by atoms with Gasteiger partial charge in [0.2, 0.25) is 0 Å². The number of H-pyrrole nitrogens is 1. The van der Waals surface area contributed by atoms with Crippen molar-refractivity contribution in [3.05, 3.63) is 23.8 Å². The number of pyridine rings is 1. The molecule has 0 spiro atoms. The summed E-state index contributed by atoms with van der Waals surface area (Å²) in [6.45, 7) is 0.905. The summed E-state index contributed by atoms with van der Waals surface area (Å²) in [5.74, 6) is -0.0207. The largest absolute Gasteiger partial charge is 0.384 e.